The van der Waals surface area contributed by atoms with Crippen LogP contribution in [0.2, 0.25) is 0 Å². The zero-order chi connectivity index (χ0) is 13.3. The van der Waals surface area contributed by atoms with Gasteiger partial charge < -0.3 is 9.32 Å². The van der Waals surface area contributed by atoms with Gasteiger partial charge in [0.05, 0.1) is 17.0 Å². The molecule has 0 aliphatic carbocycles. The molecule has 2 rings (SSSR count). The number of H-pyrrole nitrogens is 1. The zero-order valence-electron chi connectivity index (χ0n) is 10.7. The fraction of sp³-hybridized carbons (Fsp3) is 0.385. The van der Waals surface area contributed by atoms with Crippen LogP contribution in [0.4, 0.5) is 5.69 Å². The molecule has 0 aliphatic rings. The normalized spacial score (nSPS) is 11.4. The Morgan fingerprint density at radius 3 is 2.89 bits per heavy atom. The van der Waals surface area contributed by atoms with Gasteiger partial charge >= 0.3 is 5.76 Å². The third-order valence-electron chi connectivity index (χ3n) is 2.78. The standard InChI is InChI=1S/C13H15N3O2/c1-13(2,7-14)8-16(3)9-4-5-11-10(6-9)15-12(17)18-11/h4-6H,8H2,1-3H3,(H,15,17). The number of nitriles is 1. The van der Waals surface area contributed by atoms with Crippen molar-refractivity contribution in [3.63, 3.8) is 0 Å². The van der Waals surface area contributed by atoms with E-state index in [0.717, 1.165) is 5.69 Å². The van der Waals surface area contributed by atoms with Gasteiger partial charge in [-0.25, -0.2) is 4.79 Å². The highest BCUT2D eigenvalue weighted by Gasteiger charge is 2.19. The molecule has 0 atom stereocenters. The molecule has 94 valence electrons. The van der Waals surface area contributed by atoms with Crippen LogP contribution in [0.5, 0.6) is 0 Å². The number of nitrogens with one attached hydrogen (secondary N) is 1. The maximum atomic E-state index is 11.1. The molecule has 5 nitrogen and oxygen atoms in total. The van der Waals surface area contributed by atoms with E-state index in [2.05, 4.69) is 11.1 Å². The molecule has 1 heterocycles. The molecule has 18 heavy (non-hydrogen) atoms. The third-order valence-corrected chi connectivity index (χ3v) is 2.78. The summed E-state index contributed by atoms with van der Waals surface area (Å²) in [5.41, 5.74) is 1.71. The van der Waals surface area contributed by atoms with Crippen molar-refractivity contribution in [1.82, 2.24) is 4.98 Å². The summed E-state index contributed by atoms with van der Waals surface area (Å²) in [4.78, 5) is 15.7. The van der Waals surface area contributed by atoms with Gasteiger partial charge in [0.25, 0.3) is 0 Å². The second-order valence-electron chi connectivity index (χ2n) is 5.05. The monoisotopic (exact) mass is 245 g/mol. The van der Waals surface area contributed by atoms with Crippen molar-refractivity contribution in [1.29, 1.82) is 5.26 Å². The van der Waals surface area contributed by atoms with E-state index in [9.17, 15) is 4.79 Å². The van der Waals surface area contributed by atoms with Gasteiger partial charge in [0.15, 0.2) is 5.58 Å². The number of anilines is 1. The number of hydrogen-bond donors (Lipinski definition) is 1. The van der Waals surface area contributed by atoms with Crippen LogP contribution in [0, 0.1) is 16.7 Å². The van der Waals surface area contributed by atoms with Gasteiger partial charge in [0.1, 0.15) is 0 Å². The topological polar surface area (TPSA) is 73.0 Å². The largest absolute Gasteiger partial charge is 0.417 e. The van der Waals surface area contributed by atoms with Gasteiger partial charge in [-0.05, 0) is 32.0 Å². The Hall–Kier alpha value is -2.22. The van der Waals surface area contributed by atoms with Crippen LogP contribution in [-0.2, 0) is 0 Å². The first kappa shape index (κ1) is 12.2. The van der Waals surface area contributed by atoms with E-state index in [1.54, 1.807) is 6.07 Å². The highest BCUT2D eigenvalue weighted by molar-refractivity contribution is 5.77. The van der Waals surface area contributed by atoms with Gasteiger partial charge in [0.2, 0.25) is 0 Å². The van der Waals surface area contributed by atoms with Crippen molar-refractivity contribution >= 4 is 16.8 Å². The lowest BCUT2D eigenvalue weighted by molar-refractivity contribution is 0.497. The maximum absolute atomic E-state index is 11.1. The van der Waals surface area contributed by atoms with Crippen LogP contribution in [0.15, 0.2) is 27.4 Å². The van der Waals surface area contributed by atoms with Gasteiger partial charge in [-0.15, -0.1) is 0 Å². The summed E-state index contributed by atoms with van der Waals surface area (Å²) in [6.45, 7) is 4.39. The summed E-state index contributed by atoms with van der Waals surface area (Å²) in [5.74, 6) is -0.456. The van der Waals surface area contributed by atoms with Gasteiger partial charge in [-0.1, -0.05) is 0 Å². The number of aromatic nitrogens is 1. The van der Waals surface area contributed by atoms with Crippen LogP contribution in [0.1, 0.15) is 13.8 Å². The van der Waals surface area contributed by atoms with Crippen molar-refractivity contribution < 1.29 is 4.42 Å². The summed E-state index contributed by atoms with van der Waals surface area (Å²) < 4.78 is 4.94. The van der Waals surface area contributed by atoms with Crippen LogP contribution in [0.3, 0.4) is 0 Å². The summed E-state index contributed by atoms with van der Waals surface area (Å²) in [6, 6.07) is 7.72. The zero-order valence-corrected chi connectivity index (χ0v) is 10.7. The van der Waals surface area contributed by atoms with Gasteiger partial charge in [-0.2, -0.15) is 5.26 Å². The number of fused-ring (bicyclic) bond motifs is 1. The molecule has 0 amide bonds. The average Bonchev–Trinajstić information content (AvgIpc) is 2.67. The smallest absolute Gasteiger partial charge is 0.408 e. The minimum absolute atomic E-state index is 0.423. The van der Waals surface area contributed by atoms with E-state index < -0.39 is 11.2 Å². The van der Waals surface area contributed by atoms with Crippen LogP contribution < -0.4 is 10.7 Å². The van der Waals surface area contributed by atoms with Crippen molar-refractivity contribution in [2.45, 2.75) is 13.8 Å². The van der Waals surface area contributed by atoms with E-state index in [1.165, 1.54) is 0 Å². The molecular formula is C13H15N3O2. The predicted molar refractivity (Wildman–Crippen MR) is 69.5 cm³/mol. The molecular weight excluding hydrogens is 230 g/mol. The van der Waals surface area contributed by atoms with Crippen LogP contribution >= 0.6 is 0 Å². The first-order chi connectivity index (χ1) is 8.41. The molecule has 5 heteroatoms. The minimum atomic E-state index is -0.456. The Labute approximate surface area is 105 Å². The number of rotatable bonds is 3. The molecule has 1 aromatic heterocycles. The Morgan fingerprint density at radius 2 is 2.22 bits per heavy atom. The number of hydrogen-bond acceptors (Lipinski definition) is 4. The van der Waals surface area contributed by atoms with Gasteiger partial charge in [0, 0.05) is 19.3 Å². The van der Waals surface area contributed by atoms with Gasteiger partial charge in [-0.3, -0.25) is 4.98 Å². The molecule has 0 spiro atoms. The van der Waals surface area contributed by atoms with E-state index in [0.29, 0.717) is 17.6 Å². The molecule has 0 saturated heterocycles. The fourth-order valence-corrected chi connectivity index (χ4v) is 1.90. The van der Waals surface area contributed by atoms with E-state index in [4.69, 9.17) is 9.68 Å². The van der Waals surface area contributed by atoms with Crippen molar-refractivity contribution in [3.8, 4) is 6.07 Å². The number of benzene rings is 1. The van der Waals surface area contributed by atoms with Crippen LogP contribution in [-0.4, -0.2) is 18.6 Å². The molecule has 2 aromatic rings. The SMILES string of the molecule is CN(CC(C)(C)C#N)c1ccc2oc(=O)[nH]c2c1. The first-order valence-electron chi connectivity index (χ1n) is 5.66. The molecule has 0 radical (unpaired) electrons. The lowest BCUT2D eigenvalue weighted by Gasteiger charge is -2.26. The Morgan fingerprint density at radius 1 is 1.50 bits per heavy atom. The van der Waals surface area contributed by atoms with Crippen molar-refractivity contribution in [3.05, 3.63) is 28.7 Å². The predicted octanol–water partition coefficient (Wildman–Crippen LogP) is 2.11. The van der Waals surface area contributed by atoms with E-state index in [-0.39, 0.29) is 0 Å². The summed E-state index contributed by atoms with van der Waals surface area (Å²) in [7, 11) is 1.92. The Balaban J connectivity index is 2.31. The first-order valence-corrected chi connectivity index (χ1v) is 5.66. The fourth-order valence-electron chi connectivity index (χ4n) is 1.90. The number of nitrogens with zero attached hydrogens (tertiary/aromatic N) is 2. The highest BCUT2D eigenvalue weighted by atomic mass is 16.4. The summed E-state index contributed by atoms with van der Waals surface area (Å²) in [5, 5.41) is 9.03. The van der Waals surface area contributed by atoms with E-state index in [1.807, 2.05) is 37.9 Å². The third kappa shape index (κ3) is 2.38. The quantitative estimate of drug-likeness (QED) is 0.898. The van der Waals surface area contributed by atoms with Crippen LogP contribution in [0.25, 0.3) is 11.1 Å². The Kier molecular flexibility index (Phi) is 2.87. The lowest BCUT2D eigenvalue weighted by Crippen LogP contribution is -2.30. The second-order valence-corrected chi connectivity index (χ2v) is 5.05. The number of oxazole rings is 1. The molecule has 0 saturated carbocycles. The minimum Gasteiger partial charge on any atom is -0.408 e. The Bertz CT molecular complexity index is 661. The average molecular weight is 245 g/mol. The van der Waals surface area contributed by atoms with Crippen molar-refractivity contribution in [2.75, 3.05) is 18.5 Å². The summed E-state index contributed by atoms with van der Waals surface area (Å²) in [6.07, 6.45) is 0. The molecule has 1 aromatic carbocycles. The van der Waals surface area contributed by atoms with E-state index >= 15 is 0 Å². The molecule has 0 unspecified atom stereocenters. The highest BCUT2D eigenvalue weighted by Crippen LogP contribution is 2.23. The molecule has 1 N–H and O–H groups in total. The molecule has 0 aliphatic heterocycles. The molecule has 0 fully saturated rings. The summed E-state index contributed by atoms with van der Waals surface area (Å²) >= 11 is 0. The maximum Gasteiger partial charge on any atom is 0.417 e. The molecule has 0 bridgehead atoms. The van der Waals surface area contributed by atoms with Crippen molar-refractivity contribution in [2.24, 2.45) is 5.41 Å². The second kappa shape index (κ2) is 4.22. The lowest BCUT2D eigenvalue weighted by atomic mass is 9.95. The number of aromatic amines is 1.